The number of ether oxygens (including phenoxy) is 1. The number of nitrogens with zero attached hydrogens (tertiary/aromatic N) is 2. The molecule has 0 amide bonds. The highest BCUT2D eigenvalue weighted by Crippen LogP contribution is 2.30. The number of morpholine rings is 1. The van der Waals surface area contributed by atoms with Gasteiger partial charge in [-0.15, -0.1) is 0 Å². The Morgan fingerprint density at radius 1 is 1.11 bits per heavy atom. The van der Waals surface area contributed by atoms with Gasteiger partial charge in [0.2, 0.25) is 0 Å². The molecule has 3 aromatic rings. The van der Waals surface area contributed by atoms with E-state index in [0.29, 0.717) is 11.1 Å². The molecule has 1 fully saturated rings. The summed E-state index contributed by atoms with van der Waals surface area (Å²) in [5, 5.41) is 18.8. The Hall–Kier alpha value is -3.56. The zero-order valence-electron chi connectivity index (χ0n) is 15.1. The molecule has 6 nitrogen and oxygen atoms in total. The van der Waals surface area contributed by atoms with Crippen LogP contribution in [0, 0.1) is 11.3 Å². The second-order valence-corrected chi connectivity index (χ2v) is 6.53. The third-order valence-electron chi connectivity index (χ3n) is 4.73. The maximum atomic E-state index is 11.0. The molecule has 1 saturated heterocycles. The summed E-state index contributed by atoms with van der Waals surface area (Å²) in [6.45, 7) is 3.28. The molecular weight excluding hydrogens is 356 g/mol. The largest absolute Gasteiger partial charge is 0.477 e. The van der Waals surface area contributed by atoms with Crippen LogP contribution in [0.25, 0.3) is 28.4 Å². The third-order valence-corrected chi connectivity index (χ3v) is 4.73. The fourth-order valence-electron chi connectivity index (χ4n) is 3.25. The smallest absolute Gasteiger partial charge is 0.346 e. The van der Waals surface area contributed by atoms with E-state index in [1.165, 1.54) is 6.08 Å². The second-order valence-electron chi connectivity index (χ2n) is 6.53. The van der Waals surface area contributed by atoms with Crippen LogP contribution in [0.5, 0.6) is 0 Å². The minimum atomic E-state index is -1.25. The van der Waals surface area contributed by atoms with Gasteiger partial charge in [-0.05, 0) is 48.0 Å². The van der Waals surface area contributed by atoms with Crippen molar-refractivity contribution in [3.63, 3.8) is 0 Å². The highest BCUT2D eigenvalue weighted by atomic mass is 16.5. The molecule has 0 atom stereocenters. The third kappa shape index (κ3) is 3.61. The number of carboxylic acid groups (broad SMARTS) is 1. The van der Waals surface area contributed by atoms with Crippen molar-refractivity contribution >= 4 is 28.7 Å². The van der Waals surface area contributed by atoms with Crippen LogP contribution in [0.4, 0.5) is 5.69 Å². The molecule has 0 aliphatic carbocycles. The summed E-state index contributed by atoms with van der Waals surface area (Å²) in [4.78, 5) is 13.3. The standard InChI is InChI=1S/C22H18N2O4/c23-14-18(22(25)26)11-15-1-2-17-13-21(28-20(17)12-15)16-3-5-19(6-4-16)24-7-9-27-10-8-24/h1-6,11-13H,7-10H2,(H,25,26). The van der Waals surface area contributed by atoms with Gasteiger partial charge in [-0.25, -0.2) is 4.79 Å². The highest BCUT2D eigenvalue weighted by Gasteiger charge is 2.12. The Balaban J connectivity index is 1.61. The van der Waals surface area contributed by atoms with Crippen molar-refractivity contribution in [1.29, 1.82) is 5.26 Å². The number of carboxylic acids is 1. The van der Waals surface area contributed by atoms with Gasteiger partial charge in [-0.3, -0.25) is 0 Å². The van der Waals surface area contributed by atoms with E-state index in [2.05, 4.69) is 17.0 Å². The average molecular weight is 374 g/mol. The molecule has 4 rings (SSSR count). The monoisotopic (exact) mass is 374 g/mol. The fourth-order valence-corrected chi connectivity index (χ4v) is 3.25. The number of aliphatic carboxylic acids is 1. The molecule has 0 saturated carbocycles. The van der Waals surface area contributed by atoms with Crippen LogP contribution in [0.1, 0.15) is 5.56 Å². The number of nitriles is 1. The molecule has 2 heterocycles. The SMILES string of the molecule is N#CC(=Cc1ccc2cc(-c3ccc(N4CCOCC4)cc3)oc2c1)C(=O)O. The van der Waals surface area contributed by atoms with Crippen LogP contribution in [0.2, 0.25) is 0 Å². The van der Waals surface area contributed by atoms with Gasteiger partial charge in [0.05, 0.1) is 13.2 Å². The summed E-state index contributed by atoms with van der Waals surface area (Å²) in [7, 11) is 0. The van der Waals surface area contributed by atoms with Gasteiger partial charge in [0.15, 0.2) is 0 Å². The van der Waals surface area contributed by atoms with Gasteiger partial charge >= 0.3 is 5.97 Å². The molecule has 0 radical (unpaired) electrons. The summed E-state index contributed by atoms with van der Waals surface area (Å²) in [6, 6.07) is 17.2. The first-order chi connectivity index (χ1) is 13.6. The van der Waals surface area contributed by atoms with Crippen molar-refractivity contribution in [3.05, 3.63) is 59.7 Å². The van der Waals surface area contributed by atoms with E-state index in [1.807, 2.05) is 24.3 Å². The number of hydrogen-bond donors (Lipinski definition) is 1. The number of furan rings is 1. The Bertz CT molecular complexity index is 1080. The molecule has 2 aromatic carbocycles. The van der Waals surface area contributed by atoms with Crippen LogP contribution >= 0.6 is 0 Å². The molecule has 0 bridgehead atoms. The molecule has 6 heteroatoms. The van der Waals surface area contributed by atoms with Gasteiger partial charge in [0, 0.05) is 29.7 Å². The van der Waals surface area contributed by atoms with E-state index >= 15 is 0 Å². The van der Waals surface area contributed by atoms with Crippen LogP contribution < -0.4 is 4.90 Å². The minimum absolute atomic E-state index is 0.315. The predicted octanol–water partition coefficient (Wildman–Crippen LogP) is 3.93. The summed E-state index contributed by atoms with van der Waals surface area (Å²) < 4.78 is 11.4. The maximum Gasteiger partial charge on any atom is 0.346 e. The number of hydrogen-bond acceptors (Lipinski definition) is 5. The highest BCUT2D eigenvalue weighted by molar-refractivity contribution is 5.97. The van der Waals surface area contributed by atoms with Gasteiger partial charge in [-0.1, -0.05) is 12.1 Å². The summed E-state index contributed by atoms with van der Waals surface area (Å²) in [5.74, 6) is -0.508. The van der Waals surface area contributed by atoms with Crippen molar-refractivity contribution in [3.8, 4) is 17.4 Å². The van der Waals surface area contributed by atoms with Gasteiger partial charge in [-0.2, -0.15) is 5.26 Å². The maximum absolute atomic E-state index is 11.0. The second kappa shape index (κ2) is 7.59. The molecule has 1 aliphatic rings. The van der Waals surface area contributed by atoms with E-state index in [1.54, 1.807) is 18.2 Å². The van der Waals surface area contributed by atoms with E-state index in [0.717, 1.165) is 48.7 Å². The zero-order chi connectivity index (χ0) is 19.5. The lowest BCUT2D eigenvalue weighted by molar-refractivity contribution is -0.132. The van der Waals surface area contributed by atoms with E-state index in [-0.39, 0.29) is 5.57 Å². The number of fused-ring (bicyclic) bond motifs is 1. The van der Waals surface area contributed by atoms with Crippen molar-refractivity contribution in [2.45, 2.75) is 0 Å². The topological polar surface area (TPSA) is 86.7 Å². The van der Waals surface area contributed by atoms with Gasteiger partial charge in [0.1, 0.15) is 23.0 Å². The first-order valence-corrected chi connectivity index (χ1v) is 8.96. The van der Waals surface area contributed by atoms with Crippen LogP contribution in [-0.2, 0) is 9.53 Å². The minimum Gasteiger partial charge on any atom is -0.477 e. The van der Waals surface area contributed by atoms with Crippen LogP contribution in [0.15, 0.2) is 58.5 Å². The Labute approximate surface area is 161 Å². The molecule has 1 N–H and O–H groups in total. The van der Waals surface area contributed by atoms with E-state index in [4.69, 9.17) is 19.5 Å². The quantitative estimate of drug-likeness (QED) is 0.550. The first kappa shape index (κ1) is 17.8. The van der Waals surface area contributed by atoms with Crippen LogP contribution in [0.3, 0.4) is 0 Å². The normalized spacial score (nSPS) is 14.8. The number of anilines is 1. The Morgan fingerprint density at radius 3 is 2.54 bits per heavy atom. The summed E-state index contributed by atoms with van der Waals surface area (Å²) in [6.07, 6.45) is 1.33. The molecule has 1 aliphatic heterocycles. The van der Waals surface area contributed by atoms with E-state index in [9.17, 15) is 4.79 Å². The van der Waals surface area contributed by atoms with Crippen molar-refractivity contribution in [2.75, 3.05) is 31.2 Å². The Morgan fingerprint density at radius 2 is 1.86 bits per heavy atom. The van der Waals surface area contributed by atoms with E-state index < -0.39 is 5.97 Å². The molecule has 140 valence electrons. The molecular formula is C22H18N2O4. The summed E-state index contributed by atoms with van der Waals surface area (Å²) >= 11 is 0. The van der Waals surface area contributed by atoms with Crippen LogP contribution in [-0.4, -0.2) is 37.4 Å². The Kier molecular flexibility index (Phi) is 4.83. The lowest BCUT2D eigenvalue weighted by Gasteiger charge is -2.28. The molecule has 28 heavy (non-hydrogen) atoms. The lowest BCUT2D eigenvalue weighted by atomic mass is 10.1. The number of rotatable bonds is 4. The molecule has 0 spiro atoms. The zero-order valence-corrected chi connectivity index (χ0v) is 15.1. The van der Waals surface area contributed by atoms with Gasteiger partial charge in [0.25, 0.3) is 0 Å². The van der Waals surface area contributed by atoms with Crippen molar-refractivity contribution < 1.29 is 19.1 Å². The first-order valence-electron chi connectivity index (χ1n) is 8.96. The van der Waals surface area contributed by atoms with Crippen molar-refractivity contribution in [2.24, 2.45) is 0 Å². The fraction of sp³-hybridized carbons (Fsp3) is 0.182. The number of benzene rings is 2. The average Bonchev–Trinajstić information content (AvgIpc) is 3.16. The van der Waals surface area contributed by atoms with Crippen molar-refractivity contribution in [1.82, 2.24) is 0 Å². The van der Waals surface area contributed by atoms with Gasteiger partial charge < -0.3 is 19.2 Å². The number of carbonyl (C=O) groups is 1. The molecule has 0 unspecified atom stereocenters. The summed E-state index contributed by atoms with van der Waals surface area (Å²) in [5.41, 5.74) is 3.06. The predicted molar refractivity (Wildman–Crippen MR) is 106 cm³/mol. The molecule has 1 aromatic heterocycles. The lowest BCUT2D eigenvalue weighted by Crippen LogP contribution is -2.36.